The van der Waals surface area contributed by atoms with Crippen LogP contribution in [-0.2, 0) is 7.05 Å². The second kappa shape index (κ2) is 4.25. The number of rotatable bonds is 3. The van der Waals surface area contributed by atoms with Gasteiger partial charge >= 0.3 is 0 Å². The van der Waals surface area contributed by atoms with E-state index in [0.717, 1.165) is 5.56 Å². The van der Waals surface area contributed by atoms with Crippen LogP contribution in [0.2, 0.25) is 0 Å². The molecule has 2 aromatic rings. The monoisotopic (exact) mass is 232 g/mol. The maximum Gasteiger partial charge on any atom is 0.292 e. The zero-order valence-corrected chi connectivity index (χ0v) is 9.54. The average molecular weight is 232 g/mol. The van der Waals surface area contributed by atoms with Crippen LogP contribution in [0.4, 0.5) is 17.2 Å². The van der Waals surface area contributed by atoms with Gasteiger partial charge in [-0.2, -0.15) is 5.10 Å². The fraction of sp³-hybridized carbons (Fsp3) is 0.182. The maximum atomic E-state index is 10.9. The smallest absolute Gasteiger partial charge is 0.292 e. The Labute approximate surface area is 98.0 Å². The van der Waals surface area contributed by atoms with Crippen molar-refractivity contribution in [3.05, 3.63) is 46.1 Å². The molecule has 6 heteroatoms. The molecule has 0 aliphatic rings. The summed E-state index contributed by atoms with van der Waals surface area (Å²) in [5, 5.41) is 17.9. The minimum atomic E-state index is -0.397. The SMILES string of the molecule is Cc1ccc(Nc2ccnn2C)c([N+](=O)[O-])c1. The van der Waals surface area contributed by atoms with Gasteiger partial charge in [0.25, 0.3) is 5.69 Å². The second-order valence-corrected chi connectivity index (χ2v) is 3.74. The van der Waals surface area contributed by atoms with Crippen molar-refractivity contribution in [1.82, 2.24) is 9.78 Å². The molecule has 0 aliphatic heterocycles. The Kier molecular flexibility index (Phi) is 2.78. The van der Waals surface area contributed by atoms with E-state index >= 15 is 0 Å². The van der Waals surface area contributed by atoms with Gasteiger partial charge in [-0.25, -0.2) is 0 Å². The van der Waals surface area contributed by atoms with E-state index in [1.54, 1.807) is 36.1 Å². The first-order valence-electron chi connectivity index (χ1n) is 5.08. The summed E-state index contributed by atoms with van der Waals surface area (Å²) < 4.78 is 1.61. The second-order valence-electron chi connectivity index (χ2n) is 3.74. The predicted octanol–water partition coefficient (Wildman–Crippen LogP) is 2.38. The van der Waals surface area contributed by atoms with E-state index in [1.165, 1.54) is 0 Å². The Balaban J connectivity index is 2.39. The van der Waals surface area contributed by atoms with Gasteiger partial charge in [0, 0.05) is 19.2 Å². The first-order chi connectivity index (χ1) is 8.08. The fourth-order valence-electron chi connectivity index (χ4n) is 1.53. The van der Waals surface area contributed by atoms with E-state index < -0.39 is 4.92 Å². The standard InChI is InChI=1S/C11H12N4O2/c1-8-3-4-9(10(7-8)15(16)17)13-11-5-6-12-14(11)2/h3-7,13H,1-2H3. The predicted molar refractivity (Wildman–Crippen MR) is 64.3 cm³/mol. The number of nitro groups is 1. The molecule has 6 nitrogen and oxygen atoms in total. The third-order valence-electron chi connectivity index (χ3n) is 2.43. The van der Waals surface area contributed by atoms with Crippen LogP contribution >= 0.6 is 0 Å². The molecule has 0 radical (unpaired) electrons. The summed E-state index contributed by atoms with van der Waals surface area (Å²) >= 11 is 0. The van der Waals surface area contributed by atoms with Gasteiger partial charge in [0.15, 0.2) is 0 Å². The van der Waals surface area contributed by atoms with Crippen molar-refractivity contribution in [2.75, 3.05) is 5.32 Å². The first kappa shape index (κ1) is 11.1. The zero-order chi connectivity index (χ0) is 12.4. The van der Waals surface area contributed by atoms with Crippen LogP contribution < -0.4 is 5.32 Å². The van der Waals surface area contributed by atoms with Crippen molar-refractivity contribution in [2.45, 2.75) is 6.92 Å². The molecule has 2 rings (SSSR count). The number of anilines is 2. The highest BCUT2D eigenvalue weighted by molar-refractivity contribution is 5.68. The number of hydrogen-bond donors (Lipinski definition) is 1. The molecule has 1 heterocycles. The van der Waals surface area contributed by atoms with Crippen LogP contribution in [0.25, 0.3) is 0 Å². The first-order valence-corrected chi connectivity index (χ1v) is 5.08. The summed E-state index contributed by atoms with van der Waals surface area (Å²) in [7, 11) is 1.77. The Morgan fingerprint density at radius 1 is 1.41 bits per heavy atom. The lowest BCUT2D eigenvalue weighted by atomic mass is 10.2. The van der Waals surface area contributed by atoms with Crippen LogP contribution in [0, 0.1) is 17.0 Å². The number of nitro benzene ring substituents is 1. The van der Waals surface area contributed by atoms with Gasteiger partial charge in [0.2, 0.25) is 0 Å². The highest BCUT2D eigenvalue weighted by Crippen LogP contribution is 2.27. The highest BCUT2D eigenvalue weighted by Gasteiger charge is 2.14. The zero-order valence-electron chi connectivity index (χ0n) is 9.54. The van der Waals surface area contributed by atoms with Crippen molar-refractivity contribution < 1.29 is 4.92 Å². The summed E-state index contributed by atoms with van der Waals surface area (Å²) in [5.74, 6) is 0.706. The van der Waals surface area contributed by atoms with Crippen molar-refractivity contribution in [3.8, 4) is 0 Å². The molecule has 0 spiro atoms. The Morgan fingerprint density at radius 2 is 2.18 bits per heavy atom. The molecule has 0 atom stereocenters. The summed E-state index contributed by atoms with van der Waals surface area (Å²) in [5.41, 5.74) is 1.38. The van der Waals surface area contributed by atoms with E-state index in [9.17, 15) is 10.1 Å². The van der Waals surface area contributed by atoms with Crippen molar-refractivity contribution in [3.63, 3.8) is 0 Å². The van der Waals surface area contributed by atoms with Crippen LogP contribution in [0.5, 0.6) is 0 Å². The van der Waals surface area contributed by atoms with Crippen LogP contribution in [0.15, 0.2) is 30.5 Å². The van der Waals surface area contributed by atoms with E-state index in [1.807, 2.05) is 13.0 Å². The average Bonchev–Trinajstić information content (AvgIpc) is 2.67. The molecule has 0 amide bonds. The van der Waals surface area contributed by atoms with E-state index in [4.69, 9.17) is 0 Å². The number of aromatic nitrogens is 2. The maximum absolute atomic E-state index is 10.9. The molecule has 0 bridgehead atoms. The van der Waals surface area contributed by atoms with Crippen molar-refractivity contribution >= 4 is 17.2 Å². The lowest BCUT2D eigenvalue weighted by Gasteiger charge is -2.07. The molecule has 17 heavy (non-hydrogen) atoms. The van der Waals surface area contributed by atoms with Crippen molar-refractivity contribution in [1.29, 1.82) is 0 Å². The lowest BCUT2D eigenvalue weighted by Crippen LogP contribution is -2.02. The van der Waals surface area contributed by atoms with Gasteiger partial charge in [-0.3, -0.25) is 14.8 Å². The molecule has 0 fully saturated rings. The van der Waals surface area contributed by atoms with Gasteiger partial charge in [0.05, 0.1) is 11.1 Å². The Morgan fingerprint density at radius 3 is 2.76 bits per heavy atom. The summed E-state index contributed by atoms with van der Waals surface area (Å²) in [6.07, 6.45) is 1.63. The van der Waals surface area contributed by atoms with E-state index in [2.05, 4.69) is 10.4 Å². The third-order valence-corrected chi connectivity index (χ3v) is 2.43. The lowest BCUT2D eigenvalue weighted by molar-refractivity contribution is -0.384. The minimum absolute atomic E-state index is 0.0613. The van der Waals surface area contributed by atoms with Gasteiger partial charge in [0.1, 0.15) is 11.5 Å². The summed E-state index contributed by atoms with van der Waals surface area (Å²) in [6.45, 7) is 1.82. The number of nitrogens with one attached hydrogen (secondary N) is 1. The number of aryl methyl sites for hydroxylation is 2. The minimum Gasteiger partial charge on any atom is -0.335 e. The van der Waals surface area contributed by atoms with E-state index in [0.29, 0.717) is 11.5 Å². The van der Waals surface area contributed by atoms with Crippen LogP contribution in [0.3, 0.4) is 0 Å². The highest BCUT2D eigenvalue weighted by atomic mass is 16.6. The van der Waals surface area contributed by atoms with Gasteiger partial charge < -0.3 is 5.32 Å². The molecular formula is C11H12N4O2. The Bertz CT molecular complexity index is 562. The Hall–Kier alpha value is -2.37. The normalized spacial score (nSPS) is 10.2. The van der Waals surface area contributed by atoms with Crippen molar-refractivity contribution in [2.24, 2.45) is 7.05 Å². The van der Waals surface area contributed by atoms with Gasteiger partial charge in [-0.05, 0) is 18.6 Å². The molecule has 0 saturated carbocycles. The molecule has 1 aromatic carbocycles. The largest absolute Gasteiger partial charge is 0.335 e. The van der Waals surface area contributed by atoms with Gasteiger partial charge in [-0.15, -0.1) is 0 Å². The molecule has 0 saturated heterocycles. The van der Waals surface area contributed by atoms with E-state index in [-0.39, 0.29) is 5.69 Å². The molecule has 1 aromatic heterocycles. The number of hydrogen-bond acceptors (Lipinski definition) is 4. The molecule has 0 aliphatic carbocycles. The van der Waals surface area contributed by atoms with Gasteiger partial charge in [-0.1, -0.05) is 6.07 Å². The molecular weight excluding hydrogens is 220 g/mol. The molecule has 1 N–H and O–H groups in total. The fourth-order valence-corrected chi connectivity index (χ4v) is 1.53. The topological polar surface area (TPSA) is 73.0 Å². The quantitative estimate of drug-likeness (QED) is 0.651. The summed E-state index contributed by atoms with van der Waals surface area (Å²) in [6, 6.07) is 6.81. The van der Waals surface area contributed by atoms with Crippen LogP contribution in [0.1, 0.15) is 5.56 Å². The third kappa shape index (κ3) is 2.25. The number of nitrogens with zero attached hydrogens (tertiary/aromatic N) is 3. The number of benzene rings is 1. The summed E-state index contributed by atoms with van der Waals surface area (Å²) in [4.78, 5) is 10.5. The molecule has 88 valence electrons. The molecule has 0 unspecified atom stereocenters. The van der Waals surface area contributed by atoms with Crippen LogP contribution in [-0.4, -0.2) is 14.7 Å².